The Morgan fingerprint density at radius 3 is 2.75 bits per heavy atom. The number of fused-ring (bicyclic) bond motifs is 1. The van der Waals surface area contributed by atoms with Crippen molar-refractivity contribution in [1.82, 2.24) is 14.7 Å². The van der Waals surface area contributed by atoms with E-state index in [0.29, 0.717) is 17.0 Å². The Labute approximate surface area is 123 Å². The summed E-state index contributed by atoms with van der Waals surface area (Å²) in [6.45, 7) is 3.82. The van der Waals surface area contributed by atoms with Gasteiger partial charge in [-0.3, -0.25) is 4.79 Å². The third-order valence-corrected chi connectivity index (χ3v) is 4.13. The van der Waals surface area contributed by atoms with Crippen molar-refractivity contribution in [3.63, 3.8) is 0 Å². The molecule has 1 aromatic heterocycles. The van der Waals surface area contributed by atoms with Crippen molar-refractivity contribution in [2.45, 2.75) is 25.8 Å². The zero-order chi connectivity index (χ0) is 13.9. The van der Waals surface area contributed by atoms with Crippen LogP contribution in [0.3, 0.4) is 0 Å². The van der Waals surface area contributed by atoms with E-state index in [1.807, 2.05) is 0 Å². The predicted octanol–water partition coefficient (Wildman–Crippen LogP) is 2.54. The van der Waals surface area contributed by atoms with Crippen molar-refractivity contribution < 1.29 is 0 Å². The molecule has 20 heavy (non-hydrogen) atoms. The highest BCUT2D eigenvalue weighted by atomic mass is 35.5. The smallest absolute Gasteiger partial charge is 0.274 e. The van der Waals surface area contributed by atoms with Crippen LogP contribution >= 0.6 is 11.6 Å². The molecule has 0 N–H and O–H groups in total. The minimum Gasteiger partial charge on any atom is -0.301 e. The van der Waals surface area contributed by atoms with Gasteiger partial charge in [0, 0.05) is 17.0 Å². The number of halogens is 1. The van der Waals surface area contributed by atoms with Crippen molar-refractivity contribution in [2.75, 3.05) is 19.6 Å². The van der Waals surface area contributed by atoms with Crippen LogP contribution in [-0.4, -0.2) is 34.3 Å². The molecule has 0 unspecified atom stereocenters. The van der Waals surface area contributed by atoms with Crippen LogP contribution in [0.2, 0.25) is 5.02 Å². The topological polar surface area (TPSA) is 38.1 Å². The second-order valence-corrected chi connectivity index (χ2v) is 5.74. The predicted molar refractivity (Wildman–Crippen MR) is 81.3 cm³/mol. The van der Waals surface area contributed by atoms with Crippen LogP contribution in [0.25, 0.3) is 10.8 Å². The van der Waals surface area contributed by atoms with Crippen LogP contribution in [0.5, 0.6) is 0 Å². The van der Waals surface area contributed by atoms with Gasteiger partial charge in [-0.15, -0.1) is 0 Å². The molecular formula is C15H18ClN3O. The first kappa shape index (κ1) is 13.6. The van der Waals surface area contributed by atoms with E-state index < -0.39 is 0 Å². The van der Waals surface area contributed by atoms with Crippen LogP contribution < -0.4 is 5.56 Å². The highest BCUT2D eigenvalue weighted by Gasteiger charge is 2.11. The molecule has 0 saturated carbocycles. The molecule has 1 aliphatic rings. The molecule has 0 aliphatic carbocycles. The third-order valence-electron chi connectivity index (χ3n) is 3.89. The van der Waals surface area contributed by atoms with Crippen molar-refractivity contribution >= 4 is 22.4 Å². The SMILES string of the molecule is O=c1c2ccc(Cl)cc2cnn1CCN1CCCCC1. The summed E-state index contributed by atoms with van der Waals surface area (Å²) in [5.74, 6) is 0. The maximum atomic E-state index is 12.4. The molecule has 1 aromatic carbocycles. The molecule has 1 aliphatic heterocycles. The van der Waals surface area contributed by atoms with E-state index in [1.54, 1.807) is 29.1 Å². The van der Waals surface area contributed by atoms with Gasteiger partial charge in [0.25, 0.3) is 5.56 Å². The Balaban J connectivity index is 1.79. The number of rotatable bonds is 3. The number of aromatic nitrogens is 2. The van der Waals surface area contributed by atoms with Gasteiger partial charge in [0.15, 0.2) is 0 Å². The quantitative estimate of drug-likeness (QED) is 0.872. The van der Waals surface area contributed by atoms with E-state index >= 15 is 0 Å². The first-order valence-corrected chi connectivity index (χ1v) is 7.49. The summed E-state index contributed by atoms with van der Waals surface area (Å²) in [5.41, 5.74) is -0.0313. The number of hydrogen-bond donors (Lipinski definition) is 0. The van der Waals surface area contributed by atoms with Crippen LogP contribution in [0.4, 0.5) is 0 Å². The Morgan fingerprint density at radius 1 is 1.15 bits per heavy atom. The number of nitrogens with zero attached hydrogens (tertiary/aromatic N) is 3. The van der Waals surface area contributed by atoms with Crippen LogP contribution in [0, 0.1) is 0 Å². The molecule has 0 bridgehead atoms. The Bertz CT molecular complexity index is 662. The number of benzene rings is 1. The number of piperidine rings is 1. The van der Waals surface area contributed by atoms with Gasteiger partial charge in [0.05, 0.1) is 18.1 Å². The second kappa shape index (κ2) is 5.94. The highest BCUT2D eigenvalue weighted by molar-refractivity contribution is 6.31. The lowest BCUT2D eigenvalue weighted by molar-refractivity contribution is 0.216. The van der Waals surface area contributed by atoms with Crippen molar-refractivity contribution in [1.29, 1.82) is 0 Å². The number of hydrogen-bond acceptors (Lipinski definition) is 3. The molecule has 0 atom stereocenters. The maximum absolute atomic E-state index is 12.4. The first-order valence-electron chi connectivity index (χ1n) is 7.12. The molecule has 2 aromatic rings. The fourth-order valence-corrected chi connectivity index (χ4v) is 2.92. The molecule has 2 heterocycles. The van der Waals surface area contributed by atoms with Gasteiger partial charge < -0.3 is 4.90 Å². The normalized spacial score (nSPS) is 16.6. The average Bonchev–Trinajstić information content (AvgIpc) is 2.47. The molecule has 0 amide bonds. The second-order valence-electron chi connectivity index (χ2n) is 5.31. The highest BCUT2D eigenvalue weighted by Crippen LogP contribution is 2.15. The molecule has 0 spiro atoms. The van der Waals surface area contributed by atoms with Crippen LogP contribution in [0.1, 0.15) is 19.3 Å². The Hall–Kier alpha value is -1.39. The molecule has 3 rings (SSSR count). The Morgan fingerprint density at radius 2 is 1.95 bits per heavy atom. The van der Waals surface area contributed by atoms with Crippen molar-refractivity contribution in [3.05, 3.63) is 39.8 Å². The summed E-state index contributed by atoms with van der Waals surface area (Å²) in [5, 5.41) is 6.37. The molecule has 4 nitrogen and oxygen atoms in total. The van der Waals surface area contributed by atoms with Gasteiger partial charge in [-0.25, -0.2) is 4.68 Å². The molecular weight excluding hydrogens is 274 g/mol. The first-order chi connectivity index (χ1) is 9.74. The molecule has 1 saturated heterocycles. The summed E-state index contributed by atoms with van der Waals surface area (Å²) in [4.78, 5) is 14.8. The van der Waals surface area contributed by atoms with Gasteiger partial charge in [-0.2, -0.15) is 5.10 Å². The third kappa shape index (κ3) is 2.86. The van der Waals surface area contributed by atoms with Crippen LogP contribution in [0.15, 0.2) is 29.2 Å². The fourth-order valence-electron chi connectivity index (χ4n) is 2.74. The summed E-state index contributed by atoms with van der Waals surface area (Å²) in [6.07, 6.45) is 5.57. The molecule has 0 radical (unpaired) electrons. The van der Waals surface area contributed by atoms with E-state index in [2.05, 4.69) is 10.00 Å². The van der Waals surface area contributed by atoms with E-state index in [9.17, 15) is 4.79 Å². The summed E-state index contributed by atoms with van der Waals surface area (Å²) in [7, 11) is 0. The Kier molecular flexibility index (Phi) is 4.03. The van der Waals surface area contributed by atoms with Gasteiger partial charge in [-0.05, 0) is 44.1 Å². The monoisotopic (exact) mass is 291 g/mol. The zero-order valence-electron chi connectivity index (χ0n) is 11.4. The average molecular weight is 292 g/mol. The van der Waals surface area contributed by atoms with E-state index in [1.165, 1.54) is 19.3 Å². The number of likely N-dealkylation sites (tertiary alicyclic amines) is 1. The molecule has 1 fully saturated rings. The maximum Gasteiger partial charge on any atom is 0.274 e. The van der Waals surface area contributed by atoms with E-state index in [-0.39, 0.29) is 5.56 Å². The van der Waals surface area contributed by atoms with Gasteiger partial charge >= 0.3 is 0 Å². The summed E-state index contributed by atoms with van der Waals surface area (Å²) >= 11 is 5.93. The molecule has 5 heteroatoms. The van der Waals surface area contributed by atoms with Gasteiger partial charge in [0.1, 0.15) is 0 Å². The van der Waals surface area contributed by atoms with Crippen molar-refractivity contribution in [3.8, 4) is 0 Å². The van der Waals surface area contributed by atoms with Gasteiger partial charge in [0.2, 0.25) is 0 Å². The minimum atomic E-state index is -0.0313. The summed E-state index contributed by atoms with van der Waals surface area (Å²) in [6, 6.07) is 5.31. The molecule has 106 valence electrons. The lowest BCUT2D eigenvalue weighted by atomic mass is 10.1. The largest absolute Gasteiger partial charge is 0.301 e. The van der Waals surface area contributed by atoms with Crippen molar-refractivity contribution in [2.24, 2.45) is 0 Å². The zero-order valence-corrected chi connectivity index (χ0v) is 12.1. The lowest BCUT2D eigenvalue weighted by Gasteiger charge is -2.26. The van der Waals surface area contributed by atoms with E-state index in [4.69, 9.17) is 11.6 Å². The van der Waals surface area contributed by atoms with Crippen LogP contribution in [-0.2, 0) is 6.54 Å². The fraction of sp³-hybridized carbons (Fsp3) is 0.467. The van der Waals surface area contributed by atoms with E-state index in [0.717, 1.165) is 25.0 Å². The minimum absolute atomic E-state index is 0.0313. The lowest BCUT2D eigenvalue weighted by Crippen LogP contribution is -2.35. The van der Waals surface area contributed by atoms with Gasteiger partial charge in [-0.1, -0.05) is 18.0 Å². The summed E-state index contributed by atoms with van der Waals surface area (Å²) < 4.78 is 1.56. The standard InChI is InChI=1S/C15H18ClN3O/c16-13-4-5-14-12(10-13)11-17-19(15(14)20)9-8-18-6-2-1-3-7-18/h4-5,10-11H,1-3,6-9H2.